The van der Waals surface area contributed by atoms with Crippen molar-refractivity contribution in [3.63, 3.8) is 0 Å². The maximum absolute atomic E-state index is 11.3. The number of anilines is 2. The number of sulfone groups is 1. The van der Waals surface area contributed by atoms with Crippen LogP contribution in [0, 0.1) is 5.92 Å². The van der Waals surface area contributed by atoms with Gasteiger partial charge in [0, 0.05) is 6.54 Å². The molecular weight excluding hydrogens is 270 g/mol. The molecule has 7 nitrogen and oxygen atoms in total. The summed E-state index contributed by atoms with van der Waals surface area (Å²) >= 11 is 0. The SMILES string of the molecule is Nc1ccc(C(=O)O)nc1NCC1CCS(=O)(=O)C1. The van der Waals surface area contributed by atoms with Gasteiger partial charge in [0.2, 0.25) is 0 Å². The van der Waals surface area contributed by atoms with Crippen LogP contribution in [0.2, 0.25) is 0 Å². The third-order valence-electron chi connectivity index (χ3n) is 3.03. The van der Waals surface area contributed by atoms with Gasteiger partial charge in [-0.3, -0.25) is 0 Å². The van der Waals surface area contributed by atoms with Crippen LogP contribution >= 0.6 is 0 Å². The first-order chi connectivity index (χ1) is 8.87. The molecule has 104 valence electrons. The van der Waals surface area contributed by atoms with Crippen molar-refractivity contribution in [3.05, 3.63) is 17.8 Å². The molecule has 4 N–H and O–H groups in total. The molecule has 8 heteroatoms. The summed E-state index contributed by atoms with van der Waals surface area (Å²) in [6.45, 7) is 0.416. The van der Waals surface area contributed by atoms with Crippen LogP contribution in [0.25, 0.3) is 0 Å². The van der Waals surface area contributed by atoms with Gasteiger partial charge >= 0.3 is 5.97 Å². The molecule has 1 aromatic heterocycles. The quantitative estimate of drug-likeness (QED) is 0.722. The Kier molecular flexibility index (Phi) is 3.61. The van der Waals surface area contributed by atoms with E-state index in [0.717, 1.165) is 0 Å². The number of hydrogen-bond acceptors (Lipinski definition) is 6. The molecule has 0 saturated carbocycles. The molecule has 0 radical (unpaired) electrons. The zero-order valence-electron chi connectivity index (χ0n) is 10.2. The van der Waals surface area contributed by atoms with E-state index < -0.39 is 15.8 Å². The Labute approximate surface area is 110 Å². The molecule has 1 fully saturated rings. The van der Waals surface area contributed by atoms with Gasteiger partial charge < -0.3 is 16.2 Å². The van der Waals surface area contributed by atoms with E-state index in [-0.39, 0.29) is 28.9 Å². The number of nitrogens with zero attached hydrogens (tertiary/aromatic N) is 1. The van der Waals surface area contributed by atoms with Crippen LogP contribution in [0.1, 0.15) is 16.9 Å². The Balaban J connectivity index is 2.03. The monoisotopic (exact) mass is 285 g/mol. The molecule has 2 rings (SSSR count). The van der Waals surface area contributed by atoms with Crippen molar-refractivity contribution in [2.45, 2.75) is 6.42 Å². The summed E-state index contributed by atoms with van der Waals surface area (Å²) in [5.74, 6) is -0.481. The smallest absolute Gasteiger partial charge is 0.354 e. The number of aromatic carboxylic acids is 1. The third-order valence-corrected chi connectivity index (χ3v) is 4.87. The minimum Gasteiger partial charge on any atom is -0.477 e. The number of aromatic nitrogens is 1. The summed E-state index contributed by atoms with van der Waals surface area (Å²) in [5.41, 5.74) is 5.93. The second kappa shape index (κ2) is 5.04. The van der Waals surface area contributed by atoms with Gasteiger partial charge in [0.1, 0.15) is 5.82 Å². The van der Waals surface area contributed by atoms with Crippen LogP contribution in [0.3, 0.4) is 0 Å². The number of hydrogen-bond donors (Lipinski definition) is 3. The van der Waals surface area contributed by atoms with Crippen LogP contribution in [-0.4, -0.2) is 42.5 Å². The van der Waals surface area contributed by atoms with Crippen molar-refractivity contribution >= 4 is 27.3 Å². The molecule has 1 aliphatic heterocycles. The lowest BCUT2D eigenvalue weighted by Gasteiger charge is -2.12. The fourth-order valence-electron chi connectivity index (χ4n) is 2.00. The van der Waals surface area contributed by atoms with Gasteiger partial charge in [-0.05, 0) is 24.5 Å². The zero-order chi connectivity index (χ0) is 14.0. The molecule has 1 aromatic rings. The lowest BCUT2D eigenvalue weighted by Crippen LogP contribution is -2.17. The molecule has 2 heterocycles. The molecular formula is C11H15N3O4S. The predicted octanol–water partition coefficient (Wildman–Crippen LogP) is 0.209. The minimum atomic E-state index is -2.92. The van der Waals surface area contributed by atoms with E-state index in [0.29, 0.717) is 18.7 Å². The Morgan fingerprint density at radius 3 is 2.84 bits per heavy atom. The van der Waals surface area contributed by atoms with Crippen molar-refractivity contribution in [2.75, 3.05) is 29.1 Å². The van der Waals surface area contributed by atoms with Gasteiger partial charge in [-0.1, -0.05) is 0 Å². The second-order valence-corrected chi connectivity index (χ2v) is 6.82. The number of nitrogens with one attached hydrogen (secondary N) is 1. The van der Waals surface area contributed by atoms with Gasteiger partial charge in [0.15, 0.2) is 15.5 Å². The van der Waals surface area contributed by atoms with E-state index >= 15 is 0 Å². The third kappa shape index (κ3) is 3.34. The maximum Gasteiger partial charge on any atom is 0.354 e. The summed E-state index contributed by atoms with van der Waals surface area (Å²) in [5, 5.41) is 11.8. The summed E-state index contributed by atoms with van der Waals surface area (Å²) in [6, 6.07) is 2.78. The lowest BCUT2D eigenvalue weighted by molar-refractivity contribution is 0.0690. The van der Waals surface area contributed by atoms with Crippen molar-refractivity contribution in [1.82, 2.24) is 4.98 Å². The van der Waals surface area contributed by atoms with Gasteiger partial charge in [-0.25, -0.2) is 18.2 Å². The second-order valence-electron chi connectivity index (χ2n) is 4.59. The standard InChI is InChI=1S/C11H15N3O4S/c12-8-1-2-9(11(15)16)14-10(8)13-5-7-3-4-19(17,18)6-7/h1-2,7H,3-6,12H2,(H,13,14)(H,15,16). The molecule has 0 amide bonds. The van der Waals surface area contributed by atoms with Crippen molar-refractivity contribution < 1.29 is 18.3 Å². The van der Waals surface area contributed by atoms with E-state index in [9.17, 15) is 13.2 Å². The molecule has 0 aliphatic carbocycles. The van der Waals surface area contributed by atoms with E-state index in [1.165, 1.54) is 12.1 Å². The average Bonchev–Trinajstić information content (AvgIpc) is 2.67. The highest BCUT2D eigenvalue weighted by Crippen LogP contribution is 2.21. The highest BCUT2D eigenvalue weighted by atomic mass is 32.2. The Hall–Kier alpha value is -1.83. The first-order valence-corrected chi connectivity index (χ1v) is 7.63. The van der Waals surface area contributed by atoms with E-state index in [1.54, 1.807) is 0 Å². The largest absolute Gasteiger partial charge is 0.477 e. The van der Waals surface area contributed by atoms with E-state index in [2.05, 4.69) is 10.3 Å². The molecule has 0 aromatic carbocycles. The Morgan fingerprint density at radius 1 is 1.53 bits per heavy atom. The molecule has 0 bridgehead atoms. The van der Waals surface area contributed by atoms with E-state index in [4.69, 9.17) is 10.8 Å². The number of carbonyl (C=O) groups is 1. The fraction of sp³-hybridized carbons (Fsp3) is 0.455. The zero-order valence-corrected chi connectivity index (χ0v) is 11.0. The number of carboxylic acid groups (broad SMARTS) is 1. The topological polar surface area (TPSA) is 122 Å². The van der Waals surface area contributed by atoms with Gasteiger partial charge in [-0.15, -0.1) is 0 Å². The summed E-state index contributed by atoms with van der Waals surface area (Å²) < 4.78 is 22.6. The van der Waals surface area contributed by atoms with Crippen LogP contribution < -0.4 is 11.1 Å². The van der Waals surface area contributed by atoms with Gasteiger partial charge in [-0.2, -0.15) is 0 Å². The van der Waals surface area contributed by atoms with Crippen molar-refractivity contribution in [3.8, 4) is 0 Å². The molecule has 1 atom stereocenters. The predicted molar refractivity (Wildman–Crippen MR) is 70.9 cm³/mol. The highest BCUT2D eigenvalue weighted by molar-refractivity contribution is 7.91. The van der Waals surface area contributed by atoms with Gasteiger partial charge in [0.05, 0.1) is 17.2 Å². The number of nitrogens with two attached hydrogens (primary N) is 1. The number of nitrogen functional groups attached to an aromatic ring is 1. The van der Waals surface area contributed by atoms with Crippen LogP contribution in [-0.2, 0) is 9.84 Å². The molecule has 1 aliphatic rings. The molecule has 19 heavy (non-hydrogen) atoms. The minimum absolute atomic E-state index is 0.0136. The Bertz CT molecular complexity index is 600. The first kappa shape index (κ1) is 13.6. The first-order valence-electron chi connectivity index (χ1n) is 5.81. The van der Waals surface area contributed by atoms with Crippen molar-refractivity contribution in [1.29, 1.82) is 0 Å². The number of carboxylic acids is 1. The van der Waals surface area contributed by atoms with Crippen molar-refractivity contribution in [2.24, 2.45) is 5.92 Å². The molecule has 1 saturated heterocycles. The lowest BCUT2D eigenvalue weighted by atomic mass is 10.1. The number of rotatable bonds is 4. The molecule has 1 unspecified atom stereocenters. The highest BCUT2D eigenvalue weighted by Gasteiger charge is 2.27. The van der Waals surface area contributed by atoms with E-state index in [1.807, 2.05) is 0 Å². The normalized spacial score (nSPS) is 21.2. The number of pyridine rings is 1. The Morgan fingerprint density at radius 2 is 2.26 bits per heavy atom. The molecule has 0 spiro atoms. The van der Waals surface area contributed by atoms with Crippen LogP contribution in [0.4, 0.5) is 11.5 Å². The summed E-state index contributed by atoms with van der Waals surface area (Å²) in [4.78, 5) is 14.7. The maximum atomic E-state index is 11.3. The average molecular weight is 285 g/mol. The van der Waals surface area contributed by atoms with Crippen LogP contribution in [0.15, 0.2) is 12.1 Å². The fourth-order valence-corrected chi connectivity index (χ4v) is 3.87. The summed E-state index contributed by atoms with van der Waals surface area (Å²) in [6.07, 6.45) is 0.605. The van der Waals surface area contributed by atoms with Crippen LogP contribution in [0.5, 0.6) is 0 Å². The van der Waals surface area contributed by atoms with Gasteiger partial charge in [0.25, 0.3) is 0 Å². The summed E-state index contributed by atoms with van der Waals surface area (Å²) in [7, 11) is -2.92.